The van der Waals surface area contributed by atoms with E-state index in [1.165, 1.54) is 24.3 Å². The second kappa shape index (κ2) is 9.01. The smallest absolute Gasteiger partial charge is 0.265 e. The fourth-order valence-corrected chi connectivity index (χ4v) is 2.56. The normalized spacial score (nSPS) is 11.4. The SMILES string of the molecule is Cc1ccc(NC(=O)[C@@H](C)Oc2ccc(C(=O)Nc3ccc(F)cc3)cc2)cc1. The lowest BCUT2D eigenvalue weighted by Crippen LogP contribution is -2.30. The Morgan fingerprint density at radius 3 is 2.00 bits per heavy atom. The first kappa shape index (κ1) is 20.1. The summed E-state index contributed by atoms with van der Waals surface area (Å²) in [4.78, 5) is 24.5. The van der Waals surface area contributed by atoms with Gasteiger partial charge in [0.25, 0.3) is 11.8 Å². The number of carbonyl (C=O) groups is 2. The van der Waals surface area contributed by atoms with E-state index in [1.807, 2.05) is 31.2 Å². The quantitative estimate of drug-likeness (QED) is 0.634. The zero-order valence-electron chi connectivity index (χ0n) is 16.1. The van der Waals surface area contributed by atoms with E-state index < -0.39 is 6.10 Å². The molecular weight excluding hydrogens is 371 g/mol. The molecular formula is C23H21FN2O3. The van der Waals surface area contributed by atoms with Crippen LogP contribution in [-0.4, -0.2) is 17.9 Å². The highest BCUT2D eigenvalue weighted by molar-refractivity contribution is 6.04. The van der Waals surface area contributed by atoms with Crippen LogP contribution in [0.5, 0.6) is 5.75 Å². The fourth-order valence-electron chi connectivity index (χ4n) is 2.56. The second-order valence-electron chi connectivity index (χ2n) is 6.60. The van der Waals surface area contributed by atoms with Crippen LogP contribution in [0.15, 0.2) is 72.8 Å². The van der Waals surface area contributed by atoms with Gasteiger partial charge in [-0.2, -0.15) is 0 Å². The lowest BCUT2D eigenvalue weighted by molar-refractivity contribution is -0.122. The minimum Gasteiger partial charge on any atom is -0.481 e. The summed E-state index contributed by atoms with van der Waals surface area (Å²) in [5.41, 5.74) is 2.72. The molecule has 29 heavy (non-hydrogen) atoms. The maximum atomic E-state index is 12.9. The van der Waals surface area contributed by atoms with Crippen LogP contribution < -0.4 is 15.4 Å². The van der Waals surface area contributed by atoms with Gasteiger partial charge < -0.3 is 15.4 Å². The molecule has 0 bridgehead atoms. The van der Waals surface area contributed by atoms with E-state index in [9.17, 15) is 14.0 Å². The Morgan fingerprint density at radius 2 is 1.38 bits per heavy atom. The molecule has 2 N–H and O–H groups in total. The van der Waals surface area contributed by atoms with Crippen molar-refractivity contribution in [2.75, 3.05) is 10.6 Å². The molecule has 0 aliphatic carbocycles. The molecule has 3 aromatic carbocycles. The summed E-state index contributed by atoms with van der Waals surface area (Å²) >= 11 is 0. The van der Waals surface area contributed by atoms with E-state index in [0.717, 1.165) is 5.56 Å². The number of hydrogen-bond donors (Lipinski definition) is 2. The van der Waals surface area contributed by atoms with E-state index in [4.69, 9.17) is 4.74 Å². The molecule has 0 aromatic heterocycles. The Bertz CT molecular complexity index is 984. The van der Waals surface area contributed by atoms with Crippen LogP contribution in [0.2, 0.25) is 0 Å². The van der Waals surface area contributed by atoms with Gasteiger partial charge in [0.1, 0.15) is 11.6 Å². The lowest BCUT2D eigenvalue weighted by Gasteiger charge is -2.15. The second-order valence-corrected chi connectivity index (χ2v) is 6.60. The van der Waals surface area contributed by atoms with Crippen molar-refractivity contribution in [3.05, 3.63) is 89.7 Å². The highest BCUT2D eigenvalue weighted by atomic mass is 19.1. The molecule has 0 aliphatic rings. The topological polar surface area (TPSA) is 67.4 Å². The summed E-state index contributed by atoms with van der Waals surface area (Å²) in [6, 6.07) is 19.4. The Labute approximate surface area is 168 Å². The molecule has 0 fully saturated rings. The summed E-state index contributed by atoms with van der Waals surface area (Å²) in [5, 5.41) is 5.48. The number of rotatable bonds is 6. The zero-order valence-corrected chi connectivity index (χ0v) is 16.1. The predicted molar refractivity (Wildman–Crippen MR) is 111 cm³/mol. The first-order valence-electron chi connectivity index (χ1n) is 9.12. The standard InChI is InChI=1S/C23H21FN2O3/c1-15-3-9-19(10-4-15)25-22(27)16(2)29-21-13-5-17(6-14-21)23(28)26-20-11-7-18(24)8-12-20/h3-14,16H,1-2H3,(H,25,27)(H,26,28)/t16-/m1/s1. The van der Waals surface area contributed by atoms with E-state index >= 15 is 0 Å². The number of carbonyl (C=O) groups excluding carboxylic acids is 2. The Hall–Kier alpha value is -3.67. The highest BCUT2D eigenvalue weighted by Gasteiger charge is 2.15. The number of anilines is 2. The number of ether oxygens (including phenoxy) is 1. The van der Waals surface area contributed by atoms with Crippen molar-refractivity contribution in [3.63, 3.8) is 0 Å². The largest absolute Gasteiger partial charge is 0.481 e. The average molecular weight is 392 g/mol. The van der Waals surface area contributed by atoms with Gasteiger partial charge in [-0.05, 0) is 74.5 Å². The van der Waals surface area contributed by atoms with Gasteiger partial charge in [0.2, 0.25) is 0 Å². The first-order valence-corrected chi connectivity index (χ1v) is 9.12. The fraction of sp³-hybridized carbons (Fsp3) is 0.130. The molecule has 0 heterocycles. The molecule has 0 aliphatic heterocycles. The van der Waals surface area contributed by atoms with E-state index in [2.05, 4.69) is 10.6 Å². The number of halogens is 1. The Kier molecular flexibility index (Phi) is 6.24. The van der Waals surface area contributed by atoms with Gasteiger partial charge in [0, 0.05) is 16.9 Å². The summed E-state index contributed by atoms with van der Waals surface area (Å²) < 4.78 is 18.6. The highest BCUT2D eigenvalue weighted by Crippen LogP contribution is 2.17. The maximum absolute atomic E-state index is 12.9. The van der Waals surface area contributed by atoms with Crippen LogP contribution in [0.3, 0.4) is 0 Å². The minimum atomic E-state index is -0.713. The summed E-state index contributed by atoms with van der Waals surface area (Å²) in [5.74, 6) is -0.500. The van der Waals surface area contributed by atoms with Crippen LogP contribution in [0.1, 0.15) is 22.8 Å². The number of nitrogens with one attached hydrogen (secondary N) is 2. The number of benzene rings is 3. The van der Waals surface area contributed by atoms with Crippen molar-refractivity contribution >= 4 is 23.2 Å². The molecule has 0 unspecified atom stereocenters. The first-order chi connectivity index (χ1) is 13.9. The summed E-state index contributed by atoms with van der Waals surface area (Å²) in [6.45, 7) is 3.62. The van der Waals surface area contributed by atoms with Crippen LogP contribution in [0.4, 0.5) is 15.8 Å². The molecule has 3 rings (SSSR count). The van der Waals surface area contributed by atoms with Crippen molar-refractivity contribution in [1.82, 2.24) is 0 Å². The predicted octanol–water partition coefficient (Wildman–Crippen LogP) is 4.79. The number of amides is 2. The monoisotopic (exact) mass is 392 g/mol. The molecule has 2 amide bonds. The van der Waals surface area contributed by atoms with Crippen LogP contribution in [0, 0.1) is 12.7 Å². The molecule has 148 valence electrons. The van der Waals surface area contributed by atoms with Crippen molar-refractivity contribution < 1.29 is 18.7 Å². The molecule has 0 saturated heterocycles. The molecule has 0 spiro atoms. The average Bonchev–Trinajstić information content (AvgIpc) is 2.72. The maximum Gasteiger partial charge on any atom is 0.265 e. The molecule has 0 radical (unpaired) electrons. The zero-order chi connectivity index (χ0) is 20.8. The van der Waals surface area contributed by atoms with Gasteiger partial charge in [0.15, 0.2) is 6.10 Å². The summed E-state index contributed by atoms with van der Waals surface area (Å²) in [6.07, 6.45) is -0.713. The van der Waals surface area contributed by atoms with Gasteiger partial charge in [-0.1, -0.05) is 17.7 Å². The molecule has 0 saturated carbocycles. The van der Waals surface area contributed by atoms with E-state index in [0.29, 0.717) is 22.7 Å². The van der Waals surface area contributed by atoms with Gasteiger partial charge in [-0.15, -0.1) is 0 Å². The third kappa shape index (κ3) is 5.65. The third-order valence-corrected chi connectivity index (χ3v) is 4.22. The Balaban J connectivity index is 1.56. The van der Waals surface area contributed by atoms with Crippen molar-refractivity contribution in [2.45, 2.75) is 20.0 Å². The molecule has 3 aromatic rings. The van der Waals surface area contributed by atoms with Crippen molar-refractivity contribution in [2.24, 2.45) is 0 Å². The summed E-state index contributed by atoms with van der Waals surface area (Å²) in [7, 11) is 0. The molecule has 5 nitrogen and oxygen atoms in total. The van der Waals surface area contributed by atoms with Crippen molar-refractivity contribution in [3.8, 4) is 5.75 Å². The van der Waals surface area contributed by atoms with E-state index in [-0.39, 0.29) is 17.6 Å². The lowest BCUT2D eigenvalue weighted by atomic mass is 10.2. The van der Waals surface area contributed by atoms with Gasteiger partial charge in [-0.25, -0.2) is 4.39 Å². The molecule has 1 atom stereocenters. The van der Waals surface area contributed by atoms with Crippen LogP contribution >= 0.6 is 0 Å². The van der Waals surface area contributed by atoms with Gasteiger partial charge in [0.05, 0.1) is 0 Å². The van der Waals surface area contributed by atoms with Gasteiger partial charge >= 0.3 is 0 Å². The third-order valence-electron chi connectivity index (χ3n) is 4.22. The van der Waals surface area contributed by atoms with Crippen LogP contribution in [-0.2, 0) is 4.79 Å². The Morgan fingerprint density at radius 1 is 0.828 bits per heavy atom. The van der Waals surface area contributed by atoms with Crippen molar-refractivity contribution in [1.29, 1.82) is 0 Å². The minimum absolute atomic E-state index is 0.271. The van der Waals surface area contributed by atoms with E-state index in [1.54, 1.807) is 31.2 Å². The van der Waals surface area contributed by atoms with Crippen LogP contribution in [0.25, 0.3) is 0 Å². The number of aryl methyl sites for hydroxylation is 1. The number of hydrogen-bond acceptors (Lipinski definition) is 3. The van der Waals surface area contributed by atoms with Gasteiger partial charge in [-0.3, -0.25) is 9.59 Å². The molecule has 6 heteroatoms.